The standard InChI is InChI=1S/C10H19N3O/c1-8(2)5-6-10-13-12-9(14-10)4-3-7-11/h8H,3-7,11H2,1-2H3. The van der Waals surface area contributed by atoms with Crippen molar-refractivity contribution in [2.75, 3.05) is 6.54 Å². The second-order valence-corrected chi connectivity index (χ2v) is 3.91. The number of hydrogen-bond acceptors (Lipinski definition) is 4. The summed E-state index contributed by atoms with van der Waals surface area (Å²) in [4.78, 5) is 0. The summed E-state index contributed by atoms with van der Waals surface area (Å²) in [6.45, 7) is 5.04. The average molecular weight is 197 g/mol. The molecular formula is C10H19N3O. The number of hydrogen-bond donors (Lipinski definition) is 1. The van der Waals surface area contributed by atoms with Gasteiger partial charge in [0.1, 0.15) is 0 Å². The van der Waals surface area contributed by atoms with Crippen molar-refractivity contribution < 1.29 is 4.42 Å². The summed E-state index contributed by atoms with van der Waals surface area (Å²) in [5.74, 6) is 2.15. The minimum Gasteiger partial charge on any atom is -0.425 e. The van der Waals surface area contributed by atoms with Gasteiger partial charge in [-0.05, 0) is 25.3 Å². The van der Waals surface area contributed by atoms with Crippen molar-refractivity contribution in [3.05, 3.63) is 11.8 Å². The van der Waals surface area contributed by atoms with Gasteiger partial charge in [-0.15, -0.1) is 10.2 Å². The molecule has 1 heterocycles. The fourth-order valence-electron chi connectivity index (χ4n) is 1.16. The smallest absolute Gasteiger partial charge is 0.216 e. The Kier molecular flexibility index (Phi) is 4.59. The van der Waals surface area contributed by atoms with Crippen LogP contribution in [0, 0.1) is 5.92 Å². The van der Waals surface area contributed by atoms with Crippen molar-refractivity contribution in [3.63, 3.8) is 0 Å². The predicted molar refractivity (Wildman–Crippen MR) is 54.8 cm³/mol. The monoisotopic (exact) mass is 197 g/mol. The largest absolute Gasteiger partial charge is 0.425 e. The van der Waals surface area contributed by atoms with Crippen LogP contribution in [0.25, 0.3) is 0 Å². The van der Waals surface area contributed by atoms with Crippen LogP contribution in [-0.4, -0.2) is 16.7 Å². The summed E-state index contributed by atoms with van der Waals surface area (Å²) in [5, 5.41) is 7.94. The van der Waals surface area contributed by atoms with Gasteiger partial charge in [-0.2, -0.15) is 0 Å². The Balaban J connectivity index is 2.35. The molecule has 0 saturated heterocycles. The van der Waals surface area contributed by atoms with Crippen molar-refractivity contribution in [1.82, 2.24) is 10.2 Å². The van der Waals surface area contributed by atoms with E-state index in [9.17, 15) is 0 Å². The average Bonchev–Trinajstić information content (AvgIpc) is 2.59. The van der Waals surface area contributed by atoms with Gasteiger partial charge in [0.05, 0.1) is 0 Å². The zero-order chi connectivity index (χ0) is 10.4. The topological polar surface area (TPSA) is 64.9 Å². The maximum atomic E-state index is 5.46. The van der Waals surface area contributed by atoms with E-state index in [1.165, 1.54) is 0 Å². The van der Waals surface area contributed by atoms with Crippen molar-refractivity contribution in [1.29, 1.82) is 0 Å². The predicted octanol–water partition coefficient (Wildman–Crippen LogP) is 1.55. The Morgan fingerprint density at radius 1 is 1.21 bits per heavy atom. The van der Waals surface area contributed by atoms with Gasteiger partial charge >= 0.3 is 0 Å². The minimum absolute atomic E-state index is 0.670. The summed E-state index contributed by atoms with van der Waals surface area (Å²) in [6, 6.07) is 0. The fourth-order valence-corrected chi connectivity index (χ4v) is 1.16. The minimum atomic E-state index is 0.670. The lowest BCUT2D eigenvalue weighted by Gasteiger charge is -1.99. The number of nitrogens with zero attached hydrogens (tertiary/aromatic N) is 2. The van der Waals surface area contributed by atoms with E-state index in [2.05, 4.69) is 24.0 Å². The molecule has 0 amide bonds. The highest BCUT2D eigenvalue weighted by molar-refractivity contribution is 4.82. The lowest BCUT2D eigenvalue weighted by atomic mass is 10.1. The van der Waals surface area contributed by atoms with Crippen LogP contribution in [-0.2, 0) is 12.8 Å². The molecule has 0 unspecified atom stereocenters. The first-order valence-corrected chi connectivity index (χ1v) is 5.23. The summed E-state index contributed by atoms with van der Waals surface area (Å²) in [7, 11) is 0. The molecular weight excluding hydrogens is 178 g/mol. The molecule has 4 heteroatoms. The van der Waals surface area contributed by atoms with Gasteiger partial charge in [0.25, 0.3) is 0 Å². The van der Waals surface area contributed by atoms with Crippen LogP contribution in [0.1, 0.15) is 38.5 Å². The van der Waals surface area contributed by atoms with Crippen LogP contribution in [0.2, 0.25) is 0 Å². The first-order chi connectivity index (χ1) is 6.72. The van der Waals surface area contributed by atoms with Gasteiger partial charge in [-0.1, -0.05) is 13.8 Å². The van der Waals surface area contributed by atoms with Gasteiger partial charge in [0.15, 0.2) is 0 Å². The van der Waals surface area contributed by atoms with Gasteiger partial charge < -0.3 is 10.2 Å². The summed E-state index contributed by atoms with van der Waals surface area (Å²) in [5.41, 5.74) is 5.39. The molecule has 0 fully saturated rings. The molecule has 1 rings (SSSR count). The van der Waals surface area contributed by atoms with Crippen LogP contribution >= 0.6 is 0 Å². The van der Waals surface area contributed by atoms with E-state index in [0.717, 1.165) is 31.6 Å². The Hall–Kier alpha value is -0.900. The Labute approximate surface area is 84.9 Å². The molecule has 80 valence electrons. The van der Waals surface area contributed by atoms with E-state index >= 15 is 0 Å². The zero-order valence-electron chi connectivity index (χ0n) is 8.99. The molecule has 0 saturated carbocycles. The van der Waals surface area contributed by atoms with E-state index in [-0.39, 0.29) is 0 Å². The maximum absolute atomic E-state index is 5.46. The third-order valence-corrected chi connectivity index (χ3v) is 2.04. The highest BCUT2D eigenvalue weighted by atomic mass is 16.4. The molecule has 14 heavy (non-hydrogen) atoms. The summed E-state index contributed by atoms with van der Waals surface area (Å²) in [6.07, 6.45) is 3.68. The Morgan fingerprint density at radius 2 is 1.86 bits per heavy atom. The van der Waals surface area contributed by atoms with E-state index in [1.807, 2.05) is 0 Å². The van der Waals surface area contributed by atoms with Crippen LogP contribution in [0.5, 0.6) is 0 Å². The lowest BCUT2D eigenvalue weighted by molar-refractivity contribution is 0.427. The summed E-state index contributed by atoms with van der Waals surface area (Å²) >= 11 is 0. The third kappa shape index (κ3) is 3.87. The second-order valence-electron chi connectivity index (χ2n) is 3.91. The van der Waals surface area contributed by atoms with Crippen LogP contribution < -0.4 is 5.73 Å². The van der Waals surface area contributed by atoms with Crippen LogP contribution in [0.3, 0.4) is 0 Å². The number of rotatable bonds is 6. The van der Waals surface area contributed by atoms with Crippen molar-refractivity contribution in [3.8, 4) is 0 Å². The molecule has 1 aromatic heterocycles. The molecule has 4 nitrogen and oxygen atoms in total. The highest BCUT2D eigenvalue weighted by Gasteiger charge is 2.05. The van der Waals surface area contributed by atoms with E-state index in [4.69, 9.17) is 10.2 Å². The molecule has 0 aliphatic heterocycles. The molecule has 0 spiro atoms. The summed E-state index contributed by atoms with van der Waals surface area (Å²) < 4.78 is 5.46. The number of nitrogens with two attached hydrogens (primary N) is 1. The normalized spacial score (nSPS) is 11.1. The van der Waals surface area contributed by atoms with E-state index in [0.29, 0.717) is 18.4 Å². The first-order valence-electron chi connectivity index (χ1n) is 5.23. The quantitative estimate of drug-likeness (QED) is 0.751. The lowest BCUT2D eigenvalue weighted by Crippen LogP contribution is -2.00. The van der Waals surface area contributed by atoms with E-state index in [1.54, 1.807) is 0 Å². The number of aromatic nitrogens is 2. The third-order valence-electron chi connectivity index (χ3n) is 2.04. The SMILES string of the molecule is CC(C)CCc1nnc(CCCN)o1. The van der Waals surface area contributed by atoms with Crippen molar-refractivity contribution >= 4 is 0 Å². The van der Waals surface area contributed by atoms with Crippen LogP contribution in [0.15, 0.2) is 4.42 Å². The Morgan fingerprint density at radius 3 is 2.43 bits per heavy atom. The van der Waals surface area contributed by atoms with Crippen LogP contribution in [0.4, 0.5) is 0 Å². The number of aryl methyl sites for hydroxylation is 2. The van der Waals surface area contributed by atoms with Gasteiger partial charge in [0.2, 0.25) is 11.8 Å². The fraction of sp³-hybridized carbons (Fsp3) is 0.800. The van der Waals surface area contributed by atoms with Gasteiger partial charge in [0, 0.05) is 12.8 Å². The molecule has 0 aliphatic rings. The van der Waals surface area contributed by atoms with E-state index < -0.39 is 0 Å². The molecule has 0 aliphatic carbocycles. The van der Waals surface area contributed by atoms with Crippen molar-refractivity contribution in [2.45, 2.75) is 39.5 Å². The van der Waals surface area contributed by atoms with Gasteiger partial charge in [-0.3, -0.25) is 0 Å². The molecule has 1 aromatic rings. The molecule has 0 radical (unpaired) electrons. The maximum Gasteiger partial charge on any atom is 0.216 e. The molecule has 0 aromatic carbocycles. The molecule has 2 N–H and O–H groups in total. The van der Waals surface area contributed by atoms with Gasteiger partial charge in [-0.25, -0.2) is 0 Å². The molecule has 0 atom stereocenters. The Bertz CT molecular complexity index is 258. The first kappa shape index (κ1) is 11.2. The second kappa shape index (κ2) is 5.75. The molecule has 0 bridgehead atoms. The van der Waals surface area contributed by atoms with Crippen molar-refractivity contribution in [2.24, 2.45) is 11.7 Å². The zero-order valence-corrected chi connectivity index (χ0v) is 8.99. The highest BCUT2D eigenvalue weighted by Crippen LogP contribution is 2.08.